The van der Waals surface area contributed by atoms with Crippen molar-refractivity contribution >= 4 is 23.4 Å². The summed E-state index contributed by atoms with van der Waals surface area (Å²) in [5.74, 6) is -0.640. The molecule has 1 saturated heterocycles. The van der Waals surface area contributed by atoms with E-state index in [0.717, 1.165) is 12.8 Å². The number of carbonyl (C=O) groups is 2. The summed E-state index contributed by atoms with van der Waals surface area (Å²) in [7, 11) is 0. The lowest BCUT2D eigenvalue weighted by atomic mass is 10.1. The normalized spacial score (nSPS) is 13.9. The van der Waals surface area contributed by atoms with Gasteiger partial charge in [0.1, 0.15) is 5.82 Å². The lowest BCUT2D eigenvalue weighted by molar-refractivity contribution is -0.132. The molecule has 0 aliphatic carbocycles. The van der Waals surface area contributed by atoms with Gasteiger partial charge in [0.05, 0.1) is 16.4 Å². The van der Waals surface area contributed by atoms with Gasteiger partial charge in [0.25, 0.3) is 5.91 Å². The summed E-state index contributed by atoms with van der Waals surface area (Å²) in [6, 6.07) is 14.3. The number of nitrogens with zero attached hydrogens (tertiary/aromatic N) is 5. The zero-order valence-electron chi connectivity index (χ0n) is 18.4. The third-order valence-electron chi connectivity index (χ3n) is 5.86. The highest BCUT2D eigenvalue weighted by Gasteiger charge is 2.28. The molecule has 2 amide bonds. The van der Waals surface area contributed by atoms with Crippen molar-refractivity contribution in [3.8, 4) is 5.69 Å². The fourth-order valence-corrected chi connectivity index (χ4v) is 4.12. The minimum Gasteiger partial charge on any atom is -0.339 e. The van der Waals surface area contributed by atoms with E-state index >= 15 is 0 Å². The molecule has 0 atom stereocenters. The molecule has 0 N–H and O–H groups in total. The number of hydrogen-bond acceptors (Lipinski definition) is 4. The largest absolute Gasteiger partial charge is 0.339 e. The van der Waals surface area contributed by atoms with Crippen LogP contribution in [0.1, 0.15) is 34.6 Å². The predicted molar refractivity (Wildman–Crippen MR) is 123 cm³/mol. The van der Waals surface area contributed by atoms with E-state index in [1.165, 1.54) is 28.4 Å². The molecular formula is C24H25ClFN5O2. The summed E-state index contributed by atoms with van der Waals surface area (Å²) >= 11 is 5.87. The van der Waals surface area contributed by atoms with Gasteiger partial charge in [-0.05, 0) is 43.5 Å². The number of amides is 2. The van der Waals surface area contributed by atoms with Crippen LogP contribution in [0.25, 0.3) is 5.69 Å². The topological polar surface area (TPSA) is 71.3 Å². The van der Waals surface area contributed by atoms with Gasteiger partial charge < -0.3 is 9.80 Å². The van der Waals surface area contributed by atoms with E-state index in [1.807, 2.05) is 23.1 Å². The van der Waals surface area contributed by atoms with E-state index in [-0.39, 0.29) is 22.5 Å². The van der Waals surface area contributed by atoms with Crippen molar-refractivity contribution in [3.63, 3.8) is 0 Å². The number of aryl methyl sites for hydroxylation is 1. The lowest BCUT2D eigenvalue weighted by Gasteiger charge is -2.34. The van der Waals surface area contributed by atoms with E-state index < -0.39 is 5.82 Å². The van der Waals surface area contributed by atoms with Crippen molar-refractivity contribution in [2.45, 2.75) is 26.2 Å². The average molecular weight is 470 g/mol. The van der Waals surface area contributed by atoms with Crippen LogP contribution in [0.4, 0.5) is 4.39 Å². The van der Waals surface area contributed by atoms with E-state index in [0.29, 0.717) is 44.0 Å². The number of carbonyl (C=O) groups excluding carboxylic acids is 2. The number of rotatable bonds is 6. The zero-order valence-corrected chi connectivity index (χ0v) is 19.1. The highest BCUT2D eigenvalue weighted by molar-refractivity contribution is 6.30. The number of halogens is 2. The van der Waals surface area contributed by atoms with Crippen molar-refractivity contribution in [1.82, 2.24) is 24.8 Å². The van der Waals surface area contributed by atoms with Crippen LogP contribution in [0.5, 0.6) is 0 Å². The Labute approximate surface area is 196 Å². The minimum atomic E-state index is -0.526. The van der Waals surface area contributed by atoms with Gasteiger partial charge in [0.2, 0.25) is 5.91 Å². The smallest absolute Gasteiger partial charge is 0.276 e. The van der Waals surface area contributed by atoms with Crippen molar-refractivity contribution < 1.29 is 14.0 Å². The quantitative estimate of drug-likeness (QED) is 0.552. The molecule has 7 nitrogen and oxygen atoms in total. The first-order valence-electron chi connectivity index (χ1n) is 10.9. The molecule has 2 aromatic carbocycles. The standard InChI is InChI=1S/C24H25ClFN5O2/c1-17-23(27-28-31(17)19-10-11-21(26)20(25)16-19)24(33)30-14-12-29(13-15-30)22(32)9-5-8-18-6-3-2-4-7-18/h2-4,6-7,10-11,16H,5,8-9,12-15H2,1H3. The molecule has 0 bridgehead atoms. The van der Waals surface area contributed by atoms with Crippen molar-refractivity contribution in [2.75, 3.05) is 26.2 Å². The number of aromatic nitrogens is 3. The molecule has 0 radical (unpaired) electrons. The van der Waals surface area contributed by atoms with E-state index in [1.54, 1.807) is 11.8 Å². The average Bonchev–Trinajstić information content (AvgIpc) is 3.22. The molecule has 1 aromatic heterocycles. The molecule has 172 valence electrons. The first kappa shape index (κ1) is 22.9. The number of benzene rings is 2. The Bertz CT molecular complexity index is 1140. The molecule has 4 rings (SSSR count). The van der Waals surface area contributed by atoms with Crippen LogP contribution in [-0.2, 0) is 11.2 Å². The Hall–Kier alpha value is -3.26. The highest BCUT2D eigenvalue weighted by Crippen LogP contribution is 2.21. The first-order chi connectivity index (χ1) is 15.9. The second-order valence-electron chi connectivity index (χ2n) is 8.05. The van der Waals surface area contributed by atoms with Crippen molar-refractivity contribution in [2.24, 2.45) is 0 Å². The summed E-state index contributed by atoms with van der Waals surface area (Å²) in [5.41, 5.74) is 2.53. The van der Waals surface area contributed by atoms with Gasteiger partial charge in [0, 0.05) is 32.6 Å². The van der Waals surface area contributed by atoms with Crippen LogP contribution >= 0.6 is 11.6 Å². The Balaban J connectivity index is 1.31. The van der Waals surface area contributed by atoms with E-state index in [9.17, 15) is 14.0 Å². The third kappa shape index (κ3) is 5.22. The first-order valence-corrected chi connectivity index (χ1v) is 11.3. The molecular weight excluding hydrogens is 445 g/mol. The molecule has 1 fully saturated rings. The van der Waals surface area contributed by atoms with Crippen molar-refractivity contribution in [3.05, 3.63) is 76.3 Å². The molecule has 0 saturated carbocycles. The predicted octanol–water partition coefficient (Wildman–Crippen LogP) is 3.68. The summed E-state index contributed by atoms with van der Waals surface area (Å²) in [6.45, 7) is 3.61. The van der Waals surface area contributed by atoms with Crippen LogP contribution in [0.2, 0.25) is 5.02 Å². The van der Waals surface area contributed by atoms with Gasteiger partial charge in [-0.25, -0.2) is 9.07 Å². The summed E-state index contributed by atoms with van der Waals surface area (Å²) in [6.07, 6.45) is 2.17. The van der Waals surface area contributed by atoms with Gasteiger partial charge >= 0.3 is 0 Å². The molecule has 0 unspecified atom stereocenters. The molecule has 0 spiro atoms. The maximum Gasteiger partial charge on any atom is 0.276 e. The molecule has 2 heterocycles. The monoisotopic (exact) mass is 469 g/mol. The fraction of sp³-hybridized carbons (Fsp3) is 0.333. The maximum atomic E-state index is 13.5. The summed E-state index contributed by atoms with van der Waals surface area (Å²) in [5, 5.41) is 8.07. The Morgan fingerprint density at radius 3 is 2.42 bits per heavy atom. The molecule has 3 aromatic rings. The van der Waals surface area contributed by atoms with Gasteiger partial charge in [-0.1, -0.05) is 47.1 Å². The van der Waals surface area contributed by atoms with Gasteiger partial charge in [-0.3, -0.25) is 9.59 Å². The lowest BCUT2D eigenvalue weighted by Crippen LogP contribution is -2.50. The molecule has 1 aliphatic rings. The molecule has 33 heavy (non-hydrogen) atoms. The summed E-state index contributed by atoms with van der Waals surface area (Å²) in [4.78, 5) is 29.1. The van der Waals surface area contributed by atoms with E-state index in [4.69, 9.17) is 11.6 Å². The highest BCUT2D eigenvalue weighted by atomic mass is 35.5. The summed E-state index contributed by atoms with van der Waals surface area (Å²) < 4.78 is 14.9. The van der Waals surface area contributed by atoms with Crippen LogP contribution in [0.15, 0.2) is 48.5 Å². The van der Waals surface area contributed by atoms with E-state index in [2.05, 4.69) is 22.4 Å². The second-order valence-corrected chi connectivity index (χ2v) is 8.45. The van der Waals surface area contributed by atoms with Crippen LogP contribution in [-0.4, -0.2) is 62.8 Å². The van der Waals surface area contributed by atoms with Gasteiger partial charge in [-0.2, -0.15) is 0 Å². The van der Waals surface area contributed by atoms with Crippen LogP contribution in [0, 0.1) is 12.7 Å². The van der Waals surface area contributed by atoms with Crippen LogP contribution in [0.3, 0.4) is 0 Å². The minimum absolute atomic E-state index is 0.0279. The van der Waals surface area contributed by atoms with Crippen molar-refractivity contribution in [1.29, 1.82) is 0 Å². The zero-order chi connectivity index (χ0) is 23.4. The Morgan fingerprint density at radius 1 is 1.03 bits per heavy atom. The van der Waals surface area contributed by atoms with Gasteiger partial charge in [-0.15, -0.1) is 5.10 Å². The Morgan fingerprint density at radius 2 is 1.73 bits per heavy atom. The second kappa shape index (κ2) is 10.1. The molecule has 1 aliphatic heterocycles. The third-order valence-corrected chi connectivity index (χ3v) is 6.15. The van der Waals surface area contributed by atoms with Crippen LogP contribution < -0.4 is 0 Å². The fourth-order valence-electron chi connectivity index (χ4n) is 3.94. The Kier molecular flexibility index (Phi) is 7.03. The molecule has 9 heteroatoms. The number of piperazine rings is 1. The maximum absolute atomic E-state index is 13.5. The van der Waals surface area contributed by atoms with Gasteiger partial charge in [0.15, 0.2) is 5.69 Å². The SMILES string of the molecule is Cc1c(C(=O)N2CCN(C(=O)CCCc3ccccc3)CC2)nnn1-c1ccc(F)c(Cl)c1. The number of hydrogen-bond donors (Lipinski definition) is 0.